The summed E-state index contributed by atoms with van der Waals surface area (Å²) in [4.78, 5) is 2.29. The molecule has 1 atom stereocenters. The third-order valence-electron chi connectivity index (χ3n) is 2.10. The number of aliphatic hydroxyl groups excluding tert-OH is 1. The number of rotatable bonds is 8. The van der Waals surface area contributed by atoms with E-state index < -0.39 is 0 Å². The first-order chi connectivity index (χ1) is 6.16. The van der Waals surface area contributed by atoms with Gasteiger partial charge in [-0.25, -0.2) is 0 Å². The highest BCUT2D eigenvalue weighted by Crippen LogP contribution is 2.01. The molecule has 0 bridgehead atoms. The van der Waals surface area contributed by atoms with Gasteiger partial charge in [-0.2, -0.15) is 0 Å². The van der Waals surface area contributed by atoms with Crippen molar-refractivity contribution in [3.8, 4) is 0 Å². The molecule has 0 aromatic rings. The van der Waals surface area contributed by atoms with Gasteiger partial charge in [0, 0.05) is 11.9 Å². The van der Waals surface area contributed by atoms with Crippen LogP contribution < -0.4 is 0 Å². The number of nitrogens with zero attached hydrogens (tertiary/aromatic N) is 1. The molecular formula is C10H22BrNO. The van der Waals surface area contributed by atoms with Gasteiger partial charge in [0.2, 0.25) is 0 Å². The summed E-state index contributed by atoms with van der Waals surface area (Å²) in [5, 5.41) is 10.2. The van der Waals surface area contributed by atoms with Crippen LogP contribution in [0.4, 0.5) is 0 Å². The molecule has 0 fully saturated rings. The van der Waals surface area contributed by atoms with Crippen LogP contribution in [0.5, 0.6) is 0 Å². The average Bonchev–Trinajstić information content (AvgIpc) is 2.09. The average molecular weight is 252 g/mol. The lowest BCUT2D eigenvalue weighted by Gasteiger charge is -2.16. The normalized spacial score (nSPS) is 13.6. The molecule has 0 heterocycles. The highest BCUT2D eigenvalue weighted by molar-refractivity contribution is 9.09. The molecule has 0 aliphatic carbocycles. The maximum Gasteiger partial charge on any atom is 0.0524 e. The van der Waals surface area contributed by atoms with Crippen molar-refractivity contribution in [1.82, 2.24) is 4.90 Å². The molecule has 80 valence electrons. The van der Waals surface area contributed by atoms with Crippen molar-refractivity contribution in [2.45, 2.75) is 38.7 Å². The minimum Gasteiger partial charge on any atom is -0.393 e. The monoisotopic (exact) mass is 251 g/mol. The predicted octanol–water partition coefficient (Wildman–Crippen LogP) is 2.25. The summed E-state index contributed by atoms with van der Waals surface area (Å²) in [7, 11) is 2.12. The highest BCUT2D eigenvalue weighted by atomic mass is 79.9. The van der Waals surface area contributed by atoms with Crippen LogP contribution in [0.3, 0.4) is 0 Å². The molecule has 0 aliphatic heterocycles. The van der Waals surface area contributed by atoms with E-state index in [4.69, 9.17) is 5.11 Å². The van der Waals surface area contributed by atoms with Gasteiger partial charge in [0.25, 0.3) is 0 Å². The summed E-state index contributed by atoms with van der Waals surface area (Å²) < 4.78 is 0. The van der Waals surface area contributed by atoms with Crippen molar-refractivity contribution < 1.29 is 5.11 Å². The lowest BCUT2D eigenvalue weighted by atomic mass is 10.2. The smallest absolute Gasteiger partial charge is 0.0524 e. The number of aliphatic hydroxyl groups is 1. The van der Waals surface area contributed by atoms with Crippen LogP contribution in [0.25, 0.3) is 0 Å². The van der Waals surface area contributed by atoms with Crippen LogP contribution >= 0.6 is 15.9 Å². The molecule has 1 N–H and O–H groups in total. The Bertz CT molecular complexity index is 109. The minimum atomic E-state index is -0.162. The molecule has 0 aromatic carbocycles. The largest absolute Gasteiger partial charge is 0.393 e. The number of hydrogen-bond donors (Lipinski definition) is 1. The van der Waals surface area contributed by atoms with Crippen LogP contribution in [-0.4, -0.2) is 41.6 Å². The van der Waals surface area contributed by atoms with E-state index in [0.717, 1.165) is 24.8 Å². The summed E-state index contributed by atoms with van der Waals surface area (Å²) in [6.45, 7) is 4.00. The molecule has 0 amide bonds. The predicted molar refractivity (Wildman–Crippen MR) is 61.4 cm³/mol. The molecule has 0 aliphatic rings. The maximum atomic E-state index is 9.08. The van der Waals surface area contributed by atoms with Gasteiger partial charge in [-0.15, -0.1) is 0 Å². The van der Waals surface area contributed by atoms with E-state index in [-0.39, 0.29) is 6.10 Å². The molecule has 1 unspecified atom stereocenters. The first kappa shape index (κ1) is 13.4. The molecule has 13 heavy (non-hydrogen) atoms. The molecule has 0 radical (unpaired) electrons. The Morgan fingerprint density at radius 3 is 2.46 bits per heavy atom. The van der Waals surface area contributed by atoms with Gasteiger partial charge in [0.05, 0.1) is 6.10 Å². The van der Waals surface area contributed by atoms with Gasteiger partial charge in [-0.05, 0) is 39.8 Å². The van der Waals surface area contributed by atoms with E-state index in [9.17, 15) is 0 Å². The lowest BCUT2D eigenvalue weighted by Crippen LogP contribution is -2.23. The first-order valence-corrected chi connectivity index (χ1v) is 6.21. The fourth-order valence-corrected chi connectivity index (χ4v) is 1.57. The molecule has 0 rings (SSSR count). The van der Waals surface area contributed by atoms with Crippen molar-refractivity contribution >= 4 is 15.9 Å². The number of halogens is 1. The van der Waals surface area contributed by atoms with Crippen molar-refractivity contribution in [2.75, 3.05) is 25.5 Å². The quantitative estimate of drug-likeness (QED) is 0.529. The van der Waals surface area contributed by atoms with Gasteiger partial charge < -0.3 is 10.0 Å². The fourth-order valence-electron chi connectivity index (χ4n) is 1.17. The van der Waals surface area contributed by atoms with Gasteiger partial charge in [0.1, 0.15) is 0 Å². The molecule has 0 saturated carbocycles. The SMILES string of the molecule is CC(O)CCN(C)CCCCCBr. The first-order valence-electron chi connectivity index (χ1n) is 5.09. The van der Waals surface area contributed by atoms with Crippen LogP contribution in [0, 0.1) is 0 Å². The summed E-state index contributed by atoms with van der Waals surface area (Å²) in [6.07, 6.45) is 4.55. The summed E-state index contributed by atoms with van der Waals surface area (Å²) in [5.74, 6) is 0. The number of unbranched alkanes of at least 4 members (excludes halogenated alkanes) is 2. The van der Waals surface area contributed by atoms with Crippen LogP contribution in [-0.2, 0) is 0 Å². The third kappa shape index (κ3) is 10.3. The minimum absolute atomic E-state index is 0.162. The summed E-state index contributed by atoms with van der Waals surface area (Å²) >= 11 is 3.42. The van der Waals surface area contributed by atoms with Crippen LogP contribution in [0.15, 0.2) is 0 Å². The second kappa shape index (κ2) is 8.97. The second-order valence-electron chi connectivity index (χ2n) is 3.69. The Balaban J connectivity index is 3.15. The van der Waals surface area contributed by atoms with E-state index in [2.05, 4.69) is 27.9 Å². The zero-order valence-electron chi connectivity index (χ0n) is 8.80. The Morgan fingerprint density at radius 2 is 1.92 bits per heavy atom. The highest BCUT2D eigenvalue weighted by Gasteiger charge is 2.00. The van der Waals surface area contributed by atoms with E-state index in [1.165, 1.54) is 19.3 Å². The van der Waals surface area contributed by atoms with Gasteiger partial charge >= 0.3 is 0 Å². The van der Waals surface area contributed by atoms with Crippen LogP contribution in [0.1, 0.15) is 32.6 Å². The standard InChI is InChI=1S/C10H22BrNO/c1-10(13)6-9-12(2)8-5-3-4-7-11/h10,13H,3-9H2,1-2H3. The van der Waals surface area contributed by atoms with Gasteiger partial charge in [-0.3, -0.25) is 0 Å². The number of hydrogen-bond acceptors (Lipinski definition) is 2. The van der Waals surface area contributed by atoms with Crippen molar-refractivity contribution in [3.63, 3.8) is 0 Å². The second-order valence-corrected chi connectivity index (χ2v) is 4.48. The summed E-state index contributed by atoms with van der Waals surface area (Å²) in [6, 6.07) is 0. The topological polar surface area (TPSA) is 23.5 Å². The van der Waals surface area contributed by atoms with E-state index in [1.54, 1.807) is 0 Å². The fraction of sp³-hybridized carbons (Fsp3) is 1.00. The Hall–Kier alpha value is 0.400. The lowest BCUT2D eigenvalue weighted by molar-refractivity contribution is 0.164. The molecule has 0 spiro atoms. The number of alkyl halides is 1. The molecular weight excluding hydrogens is 230 g/mol. The van der Waals surface area contributed by atoms with Crippen molar-refractivity contribution in [2.24, 2.45) is 0 Å². The molecule has 3 heteroatoms. The summed E-state index contributed by atoms with van der Waals surface area (Å²) in [5.41, 5.74) is 0. The zero-order valence-corrected chi connectivity index (χ0v) is 10.4. The molecule has 2 nitrogen and oxygen atoms in total. The Kier molecular flexibility index (Phi) is 9.25. The van der Waals surface area contributed by atoms with E-state index in [1.807, 2.05) is 6.92 Å². The third-order valence-corrected chi connectivity index (χ3v) is 2.66. The Labute approximate surface area is 90.4 Å². The van der Waals surface area contributed by atoms with E-state index >= 15 is 0 Å². The molecule has 0 aromatic heterocycles. The molecule has 0 saturated heterocycles. The van der Waals surface area contributed by atoms with Crippen molar-refractivity contribution in [1.29, 1.82) is 0 Å². The van der Waals surface area contributed by atoms with Crippen LogP contribution in [0.2, 0.25) is 0 Å². The zero-order chi connectivity index (χ0) is 10.1. The van der Waals surface area contributed by atoms with Crippen molar-refractivity contribution in [3.05, 3.63) is 0 Å². The maximum absolute atomic E-state index is 9.08. The van der Waals surface area contributed by atoms with Gasteiger partial charge in [-0.1, -0.05) is 22.4 Å². The van der Waals surface area contributed by atoms with Gasteiger partial charge in [0.15, 0.2) is 0 Å². The Morgan fingerprint density at radius 1 is 1.23 bits per heavy atom. The van der Waals surface area contributed by atoms with E-state index in [0.29, 0.717) is 0 Å².